The van der Waals surface area contributed by atoms with E-state index >= 15 is 0 Å². The van der Waals surface area contributed by atoms with Crippen molar-refractivity contribution in [2.45, 2.75) is 64.1 Å². The molecule has 5 N–H and O–H groups in total. The molecule has 0 saturated carbocycles. The van der Waals surface area contributed by atoms with Gasteiger partial charge in [0.15, 0.2) is 0 Å². The second-order valence-corrected chi connectivity index (χ2v) is 11.8. The number of carbonyl (C=O) groups excluding carboxylic acids is 1. The largest absolute Gasteiger partial charge is 0.397 e. The van der Waals surface area contributed by atoms with E-state index in [1.807, 2.05) is 19.9 Å². The van der Waals surface area contributed by atoms with Crippen LogP contribution in [0.4, 0.5) is 11.5 Å². The molecule has 6 rings (SSSR count). The van der Waals surface area contributed by atoms with Crippen molar-refractivity contribution in [3.05, 3.63) is 45.6 Å². The molecule has 1 amide bonds. The summed E-state index contributed by atoms with van der Waals surface area (Å²) >= 11 is 1.37. The molecule has 4 unspecified atom stereocenters. The molecule has 8 nitrogen and oxygen atoms in total. The number of fused-ring (bicyclic) bond motifs is 2. The van der Waals surface area contributed by atoms with Crippen LogP contribution in [0.2, 0.25) is 0 Å². The normalized spacial score (nSPS) is 27.7. The van der Waals surface area contributed by atoms with Gasteiger partial charge in [0.25, 0.3) is 5.91 Å². The summed E-state index contributed by atoms with van der Waals surface area (Å²) in [4.78, 5) is 26.4. The number of nitrogen functional groups attached to an aromatic ring is 1. The van der Waals surface area contributed by atoms with Crippen LogP contribution >= 0.6 is 11.3 Å². The van der Waals surface area contributed by atoms with E-state index in [9.17, 15) is 4.79 Å². The minimum Gasteiger partial charge on any atom is -0.397 e. The van der Waals surface area contributed by atoms with Gasteiger partial charge in [-0.25, -0.2) is 9.97 Å². The lowest BCUT2D eigenvalue weighted by atomic mass is 9.85. The first-order valence-corrected chi connectivity index (χ1v) is 13.7. The van der Waals surface area contributed by atoms with E-state index in [2.05, 4.69) is 34.3 Å². The van der Waals surface area contributed by atoms with Crippen LogP contribution in [0.5, 0.6) is 0 Å². The number of carbonyl (C=O) groups is 1. The number of amides is 1. The Morgan fingerprint density at radius 3 is 2.89 bits per heavy atom. The van der Waals surface area contributed by atoms with Gasteiger partial charge in [0.1, 0.15) is 21.1 Å². The Bertz CT molecular complexity index is 1360. The van der Waals surface area contributed by atoms with Gasteiger partial charge in [-0.15, -0.1) is 11.3 Å². The smallest absolute Gasteiger partial charge is 0.263 e. The average molecular weight is 507 g/mol. The van der Waals surface area contributed by atoms with Crippen molar-refractivity contribution in [3.63, 3.8) is 0 Å². The highest BCUT2D eigenvalue weighted by atomic mass is 32.1. The summed E-state index contributed by atoms with van der Waals surface area (Å²) in [5, 5.41) is 4.11. The number of nitrogens with two attached hydrogens (primary N) is 2. The number of aryl methyl sites for hydroxylation is 3. The number of rotatable bonds is 3. The van der Waals surface area contributed by atoms with Crippen LogP contribution in [0.15, 0.2) is 18.2 Å². The Morgan fingerprint density at radius 1 is 1.28 bits per heavy atom. The van der Waals surface area contributed by atoms with Gasteiger partial charge in [0.2, 0.25) is 0 Å². The lowest BCUT2D eigenvalue weighted by molar-refractivity contribution is -0.0109. The van der Waals surface area contributed by atoms with Gasteiger partial charge < -0.3 is 26.4 Å². The van der Waals surface area contributed by atoms with E-state index < -0.39 is 0 Å². The molecule has 3 aromatic rings. The van der Waals surface area contributed by atoms with Gasteiger partial charge in [0, 0.05) is 36.0 Å². The van der Waals surface area contributed by atoms with E-state index in [4.69, 9.17) is 21.2 Å². The van der Waals surface area contributed by atoms with Crippen LogP contribution in [-0.2, 0) is 17.6 Å². The number of thiophene rings is 1. The van der Waals surface area contributed by atoms with Crippen LogP contribution in [0.25, 0.3) is 10.2 Å². The number of aromatic nitrogens is 2. The monoisotopic (exact) mass is 506 g/mol. The van der Waals surface area contributed by atoms with Gasteiger partial charge in [-0.1, -0.05) is 13.0 Å². The molecule has 0 radical (unpaired) electrons. The maximum atomic E-state index is 13.2. The molecule has 9 heteroatoms. The lowest BCUT2D eigenvalue weighted by Gasteiger charge is -2.31. The van der Waals surface area contributed by atoms with Crippen molar-refractivity contribution in [1.29, 1.82) is 0 Å². The highest BCUT2D eigenvalue weighted by Gasteiger charge is 2.52. The minimum atomic E-state index is -0.256. The summed E-state index contributed by atoms with van der Waals surface area (Å²) in [5.41, 5.74) is 17.5. The maximum absolute atomic E-state index is 13.2. The summed E-state index contributed by atoms with van der Waals surface area (Å²) in [6.45, 7) is 8.56. The van der Waals surface area contributed by atoms with Crippen molar-refractivity contribution in [3.8, 4) is 0 Å². The van der Waals surface area contributed by atoms with E-state index in [1.54, 1.807) is 0 Å². The van der Waals surface area contributed by atoms with Crippen molar-refractivity contribution in [2.75, 3.05) is 30.3 Å². The fourth-order valence-corrected chi connectivity index (χ4v) is 7.44. The van der Waals surface area contributed by atoms with Crippen LogP contribution in [0.1, 0.15) is 52.0 Å². The summed E-state index contributed by atoms with van der Waals surface area (Å²) in [6.07, 6.45) is 3.50. The van der Waals surface area contributed by atoms with Gasteiger partial charge in [0.05, 0.1) is 18.3 Å². The van der Waals surface area contributed by atoms with E-state index in [1.165, 1.54) is 16.9 Å². The predicted molar refractivity (Wildman–Crippen MR) is 144 cm³/mol. The fraction of sp³-hybridized carbons (Fsp3) is 0.519. The summed E-state index contributed by atoms with van der Waals surface area (Å²) in [6, 6.07) is 6.30. The number of hydrogen-bond donors (Lipinski definition) is 3. The maximum Gasteiger partial charge on any atom is 0.263 e. The predicted octanol–water partition coefficient (Wildman–Crippen LogP) is 3.12. The van der Waals surface area contributed by atoms with Crippen LogP contribution < -0.4 is 21.7 Å². The van der Waals surface area contributed by atoms with Crippen LogP contribution in [0, 0.1) is 19.8 Å². The topological polar surface area (TPSA) is 119 Å². The molecule has 5 heterocycles. The van der Waals surface area contributed by atoms with E-state index in [0.29, 0.717) is 16.5 Å². The van der Waals surface area contributed by atoms with Crippen molar-refractivity contribution < 1.29 is 9.53 Å². The number of nitrogens with zero attached hydrogens (tertiary/aromatic N) is 3. The number of ether oxygens (including phenoxy) is 1. The Kier molecular flexibility index (Phi) is 5.70. The van der Waals surface area contributed by atoms with Gasteiger partial charge in [-0.05, 0) is 68.7 Å². The molecular weight excluding hydrogens is 472 g/mol. The third kappa shape index (κ3) is 3.76. The van der Waals surface area contributed by atoms with E-state index in [0.717, 1.165) is 78.4 Å². The molecule has 36 heavy (non-hydrogen) atoms. The molecule has 0 aromatic carbocycles. The van der Waals surface area contributed by atoms with Gasteiger partial charge in [-0.2, -0.15) is 0 Å². The molecule has 3 aliphatic rings. The first-order chi connectivity index (χ1) is 17.2. The second-order valence-electron chi connectivity index (χ2n) is 10.8. The Balaban J connectivity index is 1.16. The highest BCUT2D eigenvalue weighted by molar-refractivity contribution is 7.21. The summed E-state index contributed by atoms with van der Waals surface area (Å²) in [5.74, 6) is 1.31. The molecular formula is C27H34N6O2S. The number of hydrogen-bond acceptors (Lipinski definition) is 8. The SMILES string of the molecule is Cc1cc(C)c2c(N)c(C(=O)NC3CCc4nc(N5CC(N)C6(C5)OCCC6C)ccc4C3)sc2n1. The number of pyridine rings is 2. The average Bonchev–Trinajstić information content (AvgIpc) is 3.49. The Morgan fingerprint density at radius 2 is 2.11 bits per heavy atom. The first-order valence-electron chi connectivity index (χ1n) is 12.9. The molecule has 3 aromatic heterocycles. The third-order valence-electron chi connectivity index (χ3n) is 8.38. The zero-order chi connectivity index (χ0) is 25.2. The quantitative estimate of drug-likeness (QED) is 0.499. The minimum absolute atomic E-state index is 0.00309. The van der Waals surface area contributed by atoms with Crippen LogP contribution in [-0.4, -0.2) is 53.3 Å². The van der Waals surface area contributed by atoms with Crippen molar-refractivity contribution in [1.82, 2.24) is 15.3 Å². The second kappa shape index (κ2) is 8.68. The number of nitrogens with one attached hydrogen (secondary N) is 1. The van der Waals surface area contributed by atoms with Gasteiger partial charge in [-0.3, -0.25) is 4.79 Å². The van der Waals surface area contributed by atoms with Gasteiger partial charge >= 0.3 is 0 Å². The molecule has 2 saturated heterocycles. The van der Waals surface area contributed by atoms with Crippen molar-refractivity contribution in [2.24, 2.45) is 11.7 Å². The van der Waals surface area contributed by atoms with Crippen LogP contribution in [0.3, 0.4) is 0 Å². The Labute approximate surface area is 215 Å². The molecule has 1 aliphatic carbocycles. The molecule has 2 fully saturated rings. The Hall–Kier alpha value is -2.75. The first kappa shape index (κ1) is 23.6. The molecule has 0 bridgehead atoms. The van der Waals surface area contributed by atoms with E-state index in [-0.39, 0.29) is 23.6 Å². The van der Waals surface area contributed by atoms with Crippen molar-refractivity contribution >= 4 is 39.0 Å². The highest BCUT2D eigenvalue weighted by Crippen LogP contribution is 2.40. The summed E-state index contributed by atoms with van der Waals surface area (Å²) < 4.78 is 6.17. The summed E-state index contributed by atoms with van der Waals surface area (Å²) in [7, 11) is 0. The zero-order valence-corrected chi connectivity index (χ0v) is 22.0. The fourth-order valence-electron chi connectivity index (χ4n) is 6.32. The number of anilines is 2. The zero-order valence-electron chi connectivity index (χ0n) is 21.1. The molecule has 4 atom stereocenters. The third-order valence-corrected chi connectivity index (χ3v) is 9.48. The molecule has 2 aliphatic heterocycles. The lowest BCUT2D eigenvalue weighted by Crippen LogP contribution is -2.50. The standard InChI is InChI=1S/C27H34N6O2S/c1-14-10-16(3)30-26-22(14)23(29)24(36-26)25(34)31-18-5-6-19-17(11-18)4-7-21(32-19)33-12-20(28)27(13-33)15(2)8-9-35-27/h4,7,10,15,18,20H,5-6,8-9,11-13,28-29H2,1-3H3,(H,31,34). The molecule has 190 valence electrons. The molecule has 1 spiro atoms.